The molecule has 0 atom stereocenters. The number of aryl methyl sites for hydroxylation is 2. The van der Waals surface area contributed by atoms with Crippen molar-refractivity contribution in [2.75, 3.05) is 11.3 Å². The van der Waals surface area contributed by atoms with E-state index in [1.165, 1.54) is 11.3 Å². The number of furan rings is 1. The smallest absolute Gasteiger partial charge is 0.267 e. The number of rotatable bonds is 7. The van der Waals surface area contributed by atoms with E-state index in [9.17, 15) is 8.42 Å². The van der Waals surface area contributed by atoms with Crippen LogP contribution in [0.1, 0.15) is 30.4 Å². The Hall–Kier alpha value is -1.38. The predicted octanol–water partition coefficient (Wildman–Crippen LogP) is 2.65. The second kappa shape index (κ2) is 6.59. The van der Waals surface area contributed by atoms with E-state index in [1.54, 1.807) is 25.4 Å². The Labute approximate surface area is 128 Å². The quantitative estimate of drug-likeness (QED) is 0.763. The van der Waals surface area contributed by atoms with Gasteiger partial charge >= 0.3 is 0 Å². The van der Waals surface area contributed by atoms with Crippen LogP contribution in [0.5, 0.6) is 0 Å². The van der Waals surface area contributed by atoms with Crippen molar-refractivity contribution in [3.05, 3.63) is 28.7 Å². The zero-order valence-electron chi connectivity index (χ0n) is 12.3. The molecule has 0 aliphatic carbocycles. The van der Waals surface area contributed by atoms with Crippen LogP contribution in [-0.2, 0) is 16.6 Å². The fourth-order valence-electron chi connectivity index (χ4n) is 2.10. The van der Waals surface area contributed by atoms with Gasteiger partial charge in [-0.05, 0) is 26.8 Å². The fourth-order valence-corrected chi connectivity index (χ4v) is 4.34. The number of aromatic nitrogens is 1. The molecule has 0 spiro atoms. The highest BCUT2D eigenvalue weighted by Gasteiger charge is 2.27. The monoisotopic (exact) mass is 329 g/mol. The van der Waals surface area contributed by atoms with Gasteiger partial charge in [-0.2, -0.15) is 0 Å². The topological polar surface area (TPSA) is 84.2 Å². The van der Waals surface area contributed by atoms with Gasteiger partial charge in [-0.25, -0.2) is 13.4 Å². The van der Waals surface area contributed by atoms with Crippen LogP contribution >= 0.6 is 11.3 Å². The molecular formula is C13H19N3O3S2. The van der Waals surface area contributed by atoms with Gasteiger partial charge in [0.2, 0.25) is 0 Å². The minimum absolute atomic E-state index is 0.207. The van der Waals surface area contributed by atoms with Crippen LogP contribution in [0, 0.1) is 13.8 Å². The van der Waals surface area contributed by atoms with Crippen LogP contribution in [0.4, 0.5) is 5.13 Å². The van der Waals surface area contributed by atoms with Gasteiger partial charge < -0.3 is 9.73 Å². The SMILES string of the molecule is CCCNCc1c(C)oc(C)c1S(=O)(=O)Nc1nccs1. The third kappa shape index (κ3) is 3.63. The lowest BCUT2D eigenvalue weighted by Gasteiger charge is -2.08. The van der Waals surface area contributed by atoms with Crippen molar-refractivity contribution >= 4 is 26.5 Å². The second-order valence-electron chi connectivity index (χ2n) is 4.64. The number of nitrogens with one attached hydrogen (secondary N) is 2. The van der Waals surface area contributed by atoms with Gasteiger partial charge in [-0.1, -0.05) is 6.92 Å². The lowest BCUT2D eigenvalue weighted by Crippen LogP contribution is -2.19. The molecule has 0 amide bonds. The minimum atomic E-state index is -3.70. The summed E-state index contributed by atoms with van der Waals surface area (Å²) in [6.45, 7) is 6.78. The molecule has 0 radical (unpaired) electrons. The molecule has 2 aromatic rings. The van der Waals surface area contributed by atoms with Gasteiger partial charge in [-0.3, -0.25) is 4.72 Å². The van der Waals surface area contributed by atoms with Crippen LogP contribution in [0.25, 0.3) is 0 Å². The summed E-state index contributed by atoms with van der Waals surface area (Å²) in [5.41, 5.74) is 0.671. The predicted molar refractivity (Wildman–Crippen MR) is 83.1 cm³/mol. The van der Waals surface area contributed by atoms with E-state index in [0.717, 1.165) is 13.0 Å². The van der Waals surface area contributed by atoms with Crippen LogP contribution in [0.15, 0.2) is 20.9 Å². The molecule has 116 valence electrons. The zero-order chi connectivity index (χ0) is 15.5. The summed E-state index contributed by atoms with van der Waals surface area (Å²) in [5, 5.41) is 5.28. The van der Waals surface area contributed by atoms with Gasteiger partial charge in [0, 0.05) is 23.7 Å². The van der Waals surface area contributed by atoms with Crippen LogP contribution < -0.4 is 10.0 Å². The van der Waals surface area contributed by atoms with Crippen LogP contribution in [-0.4, -0.2) is 19.9 Å². The van der Waals surface area contributed by atoms with Gasteiger partial charge in [0.25, 0.3) is 10.0 Å². The van der Waals surface area contributed by atoms with Crippen molar-refractivity contribution in [3.8, 4) is 0 Å². The Bertz CT molecular complexity index is 691. The molecular weight excluding hydrogens is 310 g/mol. The van der Waals surface area contributed by atoms with E-state index in [1.807, 2.05) is 0 Å². The van der Waals surface area contributed by atoms with E-state index in [2.05, 4.69) is 21.9 Å². The molecule has 2 N–H and O–H groups in total. The molecule has 0 aliphatic heterocycles. The van der Waals surface area contributed by atoms with Crippen molar-refractivity contribution in [2.45, 2.75) is 38.6 Å². The van der Waals surface area contributed by atoms with Crippen LogP contribution in [0.2, 0.25) is 0 Å². The molecule has 21 heavy (non-hydrogen) atoms. The van der Waals surface area contributed by atoms with Gasteiger partial charge in [0.1, 0.15) is 16.4 Å². The van der Waals surface area contributed by atoms with E-state index < -0.39 is 10.0 Å². The maximum atomic E-state index is 12.6. The highest BCUT2D eigenvalue weighted by Crippen LogP contribution is 2.28. The highest BCUT2D eigenvalue weighted by molar-refractivity contribution is 7.93. The Kier molecular flexibility index (Phi) is 5.02. The first-order valence-electron chi connectivity index (χ1n) is 6.67. The first-order valence-corrected chi connectivity index (χ1v) is 9.04. The average molecular weight is 329 g/mol. The highest BCUT2D eigenvalue weighted by atomic mass is 32.2. The summed E-state index contributed by atoms with van der Waals surface area (Å²) in [7, 11) is -3.70. The normalized spacial score (nSPS) is 11.8. The van der Waals surface area contributed by atoms with Crippen molar-refractivity contribution in [3.63, 3.8) is 0 Å². The van der Waals surface area contributed by atoms with Gasteiger partial charge in [0.15, 0.2) is 5.13 Å². The third-order valence-electron chi connectivity index (χ3n) is 2.98. The number of sulfonamides is 1. The molecule has 0 bridgehead atoms. The molecule has 0 saturated carbocycles. The Morgan fingerprint density at radius 2 is 2.10 bits per heavy atom. The Morgan fingerprint density at radius 3 is 2.71 bits per heavy atom. The van der Waals surface area contributed by atoms with Crippen LogP contribution in [0.3, 0.4) is 0 Å². The Balaban J connectivity index is 2.33. The Morgan fingerprint density at radius 1 is 1.33 bits per heavy atom. The second-order valence-corrected chi connectivity index (χ2v) is 7.16. The van der Waals surface area contributed by atoms with E-state index in [-0.39, 0.29) is 4.90 Å². The van der Waals surface area contributed by atoms with Gasteiger partial charge in [-0.15, -0.1) is 11.3 Å². The van der Waals surface area contributed by atoms with Crippen molar-refractivity contribution in [1.82, 2.24) is 10.3 Å². The van der Waals surface area contributed by atoms with E-state index in [0.29, 0.717) is 28.8 Å². The molecule has 0 fully saturated rings. The van der Waals surface area contributed by atoms with E-state index >= 15 is 0 Å². The summed E-state index contributed by atoms with van der Waals surface area (Å²) in [6.07, 6.45) is 2.54. The molecule has 0 aliphatic rings. The van der Waals surface area contributed by atoms with E-state index in [4.69, 9.17) is 4.42 Å². The number of nitrogens with zero attached hydrogens (tertiary/aromatic N) is 1. The maximum Gasteiger partial charge on any atom is 0.267 e. The standard InChI is InChI=1S/C13H19N3O3S2/c1-4-5-14-8-11-9(2)19-10(3)12(11)21(17,18)16-13-15-6-7-20-13/h6-7,14H,4-5,8H2,1-3H3,(H,15,16). The lowest BCUT2D eigenvalue weighted by molar-refractivity contribution is 0.493. The number of thiazole rings is 1. The first-order chi connectivity index (χ1) is 9.95. The third-order valence-corrected chi connectivity index (χ3v) is 5.33. The molecule has 6 nitrogen and oxygen atoms in total. The summed E-state index contributed by atoms with van der Waals surface area (Å²) in [4.78, 5) is 4.16. The summed E-state index contributed by atoms with van der Waals surface area (Å²) >= 11 is 1.24. The number of hydrogen-bond donors (Lipinski definition) is 2. The number of anilines is 1. The molecule has 0 aromatic carbocycles. The molecule has 2 heterocycles. The largest absolute Gasteiger partial charge is 0.465 e. The van der Waals surface area contributed by atoms with Gasteiger partial charge in [0.05, 0.1) is 0 Å². The van der Waals surface area contributed by atoms with Crippen molar-refractivity contribution in [2.24, 2.45) is 0 Å². The maximum absolute atomic E-state index is 12.6. The fraction of sp³-hybridized carbons (Fsp3) is 0.462. The molecule has 8 heteroatoms. The molecule has 0 unspecified atom stereocenters. The molecule has 2 rings (SSSR count). The minimum Gasteiger partial charge on any atom is -0.465 e. The molecule has 0 saturated heterocycles. The summed E-state index contributed by atoms with van der Waals surface area (Å²) < 4.78 is 33.1. The molecule has 2 aromatic heterocycles. The number of hydrogen-bond acceptors (Lipinski definition) is 6. The average Bonchev–Trinajstić information content (AvgIpc) is 2.98. The van der Waals surface area contributed by atoms with Crippen molar-refractivity contribution < 1.29 is 12.8 Å². The summed E-state index contributed by atoms with van der Waals surface area (Å²) in [5.74, 6) is 1.01. The lowest BCUT2D eigenvalue weighted by atomic mass is 10.2. The zero-order valence-corrected chi connectivity index (χ0v) is 13.9. The first kappa shape index (κ1) is 16.0. The summed E-state index contributed by atoms with van der Waals surface area (Å²) in [6, 6.07) is 0. The van der Waals surface area contributed by atoms with Crippen molar-refractivity contribution in [1.29, 1.82) is 0 Å².